The van der Waals surface area contributed by atoms with Crippen LogP contribution in [-0.4, -0.2) is 42.1 Å². The van der Waals surface area contributed by atoms with Gasteiger partial charge in [-0.2, -0.15) is 0 Å². The molecule has 37 heavy (non-hydrogen) atoms. The number of sulfonamides is 2. The maximum atomic E-state index is 14.7. The molecule has 200 valence electrons. The molecule has 0 aliphatic carbocycles. The Bertz CT molecular complexity index is 1480. The van der Waals surface area contributed by atoms with Gasteiger partial charge in [-0.3, -0.25) is 9.44 Å². The molecular formula is C24H25F2IN2O6S2. The Kier molecular flexibility index (Phi) is 9.72. The van der Waals surface area contributed by atoms with Crippen molar-refractivity contribution in [3.8, 4) is 11.5 Å². The van der Waals surface area contributed by atoms with Gasteiger partial charge in [0, 0.05) is 29.2 Å². The summed E-state index contributed by atoms with van der Waals surface area (Å²) in [5, 5.41) is 0. The Balaban J connectivity index is 2.06. The van der Waals surface area contributed by atoms with Crippen molar-refractivity contribution in [2.75, 3.05) is 34.7 Å². The van der Waals surface area contributed by atoms with E-state index in [0.29, 0.717) is 3.57 Å². The normalized spacial score (nSPS) is 11.8. The molecule has 0 spiro atoms. The van der Waals surface area contributed by atoms with E-state index in [9.17, 15) is 25.6 Å². The summed E-state index contributed by atoms with van der Waals surface area (Å²) >= 11 is 1.96. The Morgan fingerprint density at radius 1 is 0.919 bits per heavy atom. The second kappa shape index (κ2) is 12.4. The van der Waals surface area contributed by atoms with Crippen molar-refractivity contribution in [2.45, 2.75) is 13.3 Å². The number of hydrogen-bond donors (Lipinski definition) is 2. The Morgan fingerprint density at radius 3 is 2.35 bits per heavy atom. The molecular weight excluding hydrogens is 641 g/mol. The molecule has 13 heteroatoms. The molecule has 0 unspecified atom stereocenters. The van der Waals surface area contributed by atoms with Gasteiger partial charge in [-0.15, -0.1) is 0 Å². The summed E-state index contributed by atoms with van der Waals surface area (Å²) in [5.41, 5.74) is 0.498. The maximum Gasteiger partial charge on any atom is 0.235 e. The largest absolute Gasteiger partial charge is 0.455 e. The number of benzene rings is 3. The monoisotopic (exact) mass is 666 g/mol. The van der Waals surface area contributed by atoms with Crippen LogP contribution in [0, 0.1) is 15.2 Å². The standard InChI is InChI=1S/C24H25F2IN2O6S2/c1-3-36(30,31)28-20-5-4-6-21(15-20)35-23-13-18(25)12-17(11-16-7-8-19(27)14-22(16)26)24(23)29-37(32,33)10-9-34-2/h4-8,12-15,28-29H,3,9-11H2,1-2H3. The molecule has 0 aromatic heterocycles. The fourth-order valence-corrected chi connectivity index (χ4v) is 5.36. The Labute approximate surface area is 228 Å². The molecule has 0 radical (unpaired) electrons. The van der Waals surface area contributed by atoms with Gasteiger partial charge in [-0.1, -0.05) is 12.1 Å². The number of ether oxygens (including phenoxy) is 2. The first-order valence-electron chi connectivity index (χ1n) is 11.0. The summed E-state index contributed by atoms with van der Waals surface area (Å²) in [6.07, 6.45) is -0.130. The first-order chi connectivity index (χ1) is 17.4. The SMILES string of the molecule is CCS(=O)(=O)Nc1cccc(Oc2cc(F)cc(Cc3ccc(I)cc3F)c2NS(=O)(=O)CCOC)c1. The molecule has 8 nitrogen and oxygen atoms in total. The van der Waals surface area contributed by atoms with Crippen molar-refractivity contribution >= 4 is 54.0 Å². The molecule has 3 aromatic carbocycles. The lowest BCUT2D eigenvalue weighted by molar-refractivity contribution is 0.217. The summed E-state index contributed by atoms with van der Waals surface area (Å²) in [4.78, 5) is 0. The van der Waals surface area contributed by atoms with Gasteiger partial charge in [0.1, 0.15) is 17.4 Å². The van der Waals surface area contributed by atoms with Gasteiger partial charge in [0.2, 0.25) is 20.0 Å². The highest BCUT2D eigenvalue weighted by molar-refractivity contribution is 14.1. The summed E-state index contributed by atoms with van der Waals surface area (Å²) < 4.78 is 94.7. The smallest absolute Gasteiger partial charge is 0.235 e. The minimum Gasteiger partial charge on any atom is -0.455 e. The van der Waals surface area contributed by atoms with Gasteiger partial charge in [0.15, 0.2) is 5.75 Å². The zero-order chi connectivity index (χ0) is 27.2. The molecule has 3 rings (SSSR count). The topological polar surface area (TPSA) is 111 Å². The van der Waals surface area contributed by atoms with Crippen LogP contribution in [0.5, 0.6) is 11.5 Å². The van der Waals surface area contributed by atoms with Gasteiger partial charge in [-0.25, -0.2) is 25.6 Å². The van der Waals surface area contributed by atoms with Crippen LogP contribution < -0.4 is 14.2 Å². The fraction of sp³-hybridized carbons (Fsp3) is 0.250. The minimum absolute atomic E-state index is 0.0741. The van der Waals surface area contributed by atoms with Crippen molar-refractivity contribution < 1.29 is 35.1 Å². The first-order valence-corrected chi connectivity index (χ1v) is 15.3. The third kappa shape index (κ3) is 8.51. The van der Waals surface area contributed by atoms with E-state index in [2.05, 4.69) is 9.44 Å². The average Bonchev–Trinajstić information content (AvgIpc) is 2.81. The lowest BCUT2D eigenvalue weighted by Crippen LogP contribution is -2.21. The van der Waals surface area contributed by atoms with Crippen molar-refractivity contribution in [2.24, 2.45) is 0 Å². The highest BCUT2D eigenvalue weighted by Gasteiger charge is 2.21. The highest BCUT2D eigenvalue weighted by atomic mass is 127. The van der Waals surface area contributed by atoms with Crippen LogP contribution in [0.25, 0.3) is 0 Å². The fourth-order valence-electron chi connectivity index (χ4n) is 3.24. The summed E-state index contributed by atoms with van der Waals surface area (Å²) in [6.45, 7) is 1.39. The predicted octanol–water partition coefficient (Wildman–Crippen LogP) is 5.10. The second-order valence-corrected chi connectivity index (χ2v) is 13.0. The third-order valence-corrected chi connectivity index (χ3v) is 8.27. The highest BCUT2D eigenvalue weighted by Crippen LogP contribution is 2.37. The van der Waals surface area contributed by atoms with Gasteiger partial charge < -0.3 is 9.47 Å². The van der Waals surface area contributed by atoms with Crippen LogP contribution in [0.3, 0.4) is 0 Å². The maximum absolute atomic E-state index is 14.7. The van der Waals surface area contributed by atoms with Crippen LogP contribution in [0.4, 0.5) is 20.2 Å². The minimum atomic E-state index is -3.96. The van der Waals surface area contributed by atoms with Crippen molar-refractivity contribution in [3.63, 3.8) is 0 Å². The average molecular weight is 667 g/mol. The summed E-state index contributed by atoms with van der Waals surface area (Å²) in [6, 6.07) is 12.5. The van der Waals surface area contributed by atoms with Crippen molar-refractivity contribution in [3.05, 3.63) is 80.9 Å². The Hall–Kier alpha value is -2.49. The number of hydrogen-bond acceptors (Lipinski definition) is 6. The lowest BCUT2D eigenvalue weighted by Gasteiger charge is -2.18. The third-order valence-electron chi connectivity index (χ3n) is 5.07. The zero-order valence-electron chi connectivity index (χ0n) is 19.9. The molecule has 0 amide bonds. The number of rotatable bonds is 12. The molecule has 0 atom stereocenters. The van der Waals surface area contributed by atoms with Crippen molar-refractivity contribution in [1.82, 2.24) is 0 Å². The number of nitrogens with one attached hydrogen (secondary N) is 2. The molecule has 0 bridgehead atoms. The van der Waals surface area contributed by atoms with Crippen LogP contribution in [0.15, 0.2) is 54.6 Å². The molecule has 0 fully saturated rings. The Morgan fingerprint density at radius 2 is 1.68 bits per heavy atom. The van der Waals surface area contributed by atoms with Crippen LogP contribution >= 0.6 is 22.6 Å². The van der Waals surface area contributed by atoms with E-state index in [4.69, 9.17) is 9.47 Å². The van der Waals surface area contributed by atoms with Gasteiger partial charge in [0.05, 0.1) is 29.5 Å². The molecule has 3 aromatic rings. The molecule has 0 heterocycles. The second-order valence-electron chi connectivity index (χ2n) is 7.90. The molecule has 0 saturated carbocycles. The van der Waals surface area contributed by atoms with E-state index >= 15 is 0 Å². The number of methoxy groups -OCH3 is 1. The summed E-state index contributed by atoms with van der Waals surface area (Å²) in [5.74, 6) is -1.86. The van der Waals surface area contributed by atoms with E-state index in [-0.39, 0.29) is 58.5 Å². The zero-order valence-corrected chi connectivity index (χ0v) is 23.7. The van der Waals surface area contributed by atoms with Crippen molar-refractivity contribution in [1.29, 1.82) is 0 Å². The van der Waals surface area contributed by atoms with Gasteiger partial charge in [0.25, 0.3) is 0 Å². The first kappa shape index (κ1) is 29.1. The van der Waals surface area contributed by atoms with E-state index < -0.39 is 31.7 Å². The molecule has 0 aliphatic rings. The quantitative estimate of drug-likeness (QED) is 0.261. The van der Waals surface area contributed by atoms with Crippen LogP contribution in [-0.2, 0) is 31.2 Å². The molecule has 2 N–H and O–H groups in total. The number of halogens is 3. The molecule has 0 aliphatic heterocycles. The summed E-state index contributed by atoms with van der Waals surface area (Å²) in [7, 11) is -6.17. The van der Waals surface area contributed by atoms with Crippen LogP contribution in [0.2, 0.25) is 0 Å². The van der Waals surface area contributed by atoms with Crippen LogP contribution in [0.1, 0.15) is 18.1 Å². The van der Waals surface area contributed by atoms with E-state index in [1.54, 1.807) is 6.07 Å². The molecule has 0 saturated heterocycles. The lowest BCUT2D eigenvalue weighted by atomic mass is 10.0. The predicted molar refractivity (Wildman–Crippen MR) is 147 cm³/mol. The van der Waals surface area contributed by atoms with E-state index in [1.165, 1.54) is 50.4 Å². The van der Waals surface area contributed by atoms with Gasteiger partial charge in [-0.05, 0) is 71.0 Å². The van der Waals surface area contributed by atoms with Gasteiger partial charge >= 0.3 is 0 Å². The van der Waals surface area contributed by atoms with E-state index in [1.807, 2.05) is 22.6 Å². The van der Waals surface area contributed by atoms with E-state index in [0.717, 1.165) is 12.1 Å². The number of anilines is 2.